The Balaban J connectivity index is 3.16. The maximum atomic E-state index is 3.39. The predicted octanol–water partition coefficient (Wildman–Crippen LogP) is 6.48. The van der Waals surface area contributed by atoms with Crippen LogP contribution in [-0.4, -0.2) is 5.33 Å². The van der Waals surface area contributed by atoms with Crippen molar-refractivity contribution in [3.63, 3.8) is 0 Å². The molecule has 0 aromatic carbocycles. The number of unbranched alkanes of at least 4 members (excludes halogenated alkanes) is 11. The minimum absolute atomic E-state index is 0.957. The smallest absolute Gasteiger partial charge is 0.0107 e. The van der Waals surface area contributed by atoms with Crippen molar-refractivity contribution in [1.29, 1.82) is 0 Å². The maximum absolute atomic E-state index is 3.39. The van der Waals surface area contributed by atoms with E-state index in [1.54, 1.807) is 0 Å². The largest absolute Gasteiger partial charge is 0.0928 e. The fourth-order valence-electron chi connectivity index (χ4n) is 2.07. The summed E-state index contributed by atoms with van der Waals surface area (Å²) in [6, 6.07) is 0. The summed E-state index contributed by atoms with van der Waals surface area (Å²) in [4.78, 5) is 0. The van der Waals surface area contributed by atoms with Gasteiger partial charge in [-0.3, -0.25) is 0 Å². The second kappa shape index (κ2) is 18.6. The predicted molar refractivity (Wildman–Crippen MR) is 95.0 cm³/mol. The number of alkyl halides is 1. The van der Waals surface area contributed by atoms with Crippen molar-refractivity contribution in [2.75, 3.05) is 5.33 Å². The van der Waals surface area contributed by atoms with Crippen LogP contribution in [0.4, 0.5) is 0 Å². The van der Waals surface area contributed by atoms with Crippen LogP contribution in [0.25, 0.3) is 0 Å². The minimum atomic E-state index is 0.957. The van der Waals surface area contributed by atoms with Crippen molar-refractivity contribution in [3.8, 4) is 23.7 Å². The van der Waals surface area contributed by atoms with Crippen LogP contribution in [0.15, 0.2) is 0 Å². The summed E-state index contributed by atoms with van der Waals surface area (Å²) in [5.41, 5.74) is 0. The van der Waals surface area contributed by atoms with Crippen LogP contribution >= 0.6 is 15.9 Å². The molecule has 114 valence electrons. The van der Waals surface area contributed by atoms with E-state index in [9.17, 15) is 0 Å². The topological polar surface area (TPSA) is 0 Å². The first kappa shape index (κ1) is 19.6. The summed E-state index contributed by atoms with van der Waals surface area (Å²) in [7, 11) is 0. The second-order valence-electron chi connectivity index (χ2n) is 5.33. The van der Waals surface area contributed by atoms with E-state index in [1.165, 1.54) is 64.2 Å². The van der Waals surface area contributed by atoms with Crippen LogP contribution in [-0.2, 0) is 0 Å². The van der Waals surface area contributed by atoms with E-state index in [0.29, 0.717) is 0 Å². The molecule has 0 aliphatic heterocycles. The van der Waals surface area contributed by atoms with Gasteiger partial charge in [0.25, 0.3) is 0 Å². The lowest BCUT2D eigenvalue weighted by Crippen LogP contribution is -1.81. The molecule has 20 heavy (non-hydrogen) atoms. The summed E-state index contributed by atoms with van der Waals surface area (Å²) >= 11 is 3.39. The first-order valence-electron chi connectivity index (χ1n) is 8.43. The van der Waals surface area contributed by atoms with Crippen molar-refractivity contribution < 1.29 is 0 Å². The van der Waals surface area contributed by atoms with Crippen molar-refractivity contribution in [1.82, 2.24) is 0 Å². The number of hydrogen-bond acceptors (Lipinski definition) is 0. The molecule has 0 aliphatic rings. The Morgan fingerprint density at radius 3 is 1.55 bits per heavy atom. The van der Waals surface area contributed by atoms with Gasteiger partial charge in [0.05, 0.1) is 0 Å². The quantitative estimate of drug-likeness (QED) is 0.217. The lowest BCUT2D eigenvalue weighted by molar-refractivity contribution is 0.558. The number of hydrogen-bond donors (Lipinski definition) is 0. The third-order valence-electron chi connectivity index (χ3n) is 3.33. The SMILES string of the molecule is CCCCCCCCCCCCC#CC#CCCCBr. The molecule has 0 saturated heterocycles. The van der Waals surface area contributed by atoms with E-state index in [0.717, 1.165) is 24.6 Å². The molecule has 0 atom stereocenters. The zero-order valence-corrected chi connectivity index (χ0v) is 14.9. The van der Waals surface area contributed by atoms with E-state index >= 15 is 0 Å². The lowest BCUT2D eigenvalue weighted by atomic mass is 10.1. The summed E-state index contributed by atoms with van der Waals surface area (Å²) < 4.78 is 0. The minimum Gasteiger partial charge on any atom is -0.0928 e. The lowest BCUT2D eigenvalue weighted by Gasteiger charge is -2.00. The Kier molecular flexibility index (Phi) is 18.2. The van der Waals surface area contributed by atoms with Crippen molar-refractivity contribution in [2.24, 2.45) is 0 Å². The van der Waals surface area contributed by atoms with Gasteiger partial charge in [-0.1, -0.05) is 92.5 Å². The summed E-state index contributed by atoms with van der Waals surface area (Å²) in [5.74, 6) is 12.1. The van der Waals surface area contributed by atoms with Gasteiger partial charge in [-0.15, -0.1) is 0 Å². The van der Waals surface area contributed by atoms with Gasteiger partial charge in [0.1, 0.15) is 0 Å². The standard InChI is InChI=1S/C19H31Br/c1-2-3-4-5-6-7-8-9-10-11-12-13-14-15-16-17-18-19-20/h2-12,17-19H2,1H3. The highest BCUT2D eigenvalue weighted by molar-refractivity contribution is 9.09. The maximum Gasteiger partial charge on any atom is 0.0107 e. The zero-order valence-electron chi connectivity index (χ0n) is 13.3. The second-order valence-corrected chi connectivity index (χ2v) is 6.12. The Labute approximate surface area is 135 Å². The van der Waals surface area contributed by atoms with Crippen molar-refractivity contribution >= 4 is 15.9 Å². The fraction of sp³-hybridized carbons (Fsp3) is 0.789. The van der Waals surface area contributed by atoms with Gasteiger partial charge in [-0.2, -0.15) is 0 Å². The van der Waals surface area contributed by atoms with Gasteiger partial charge in [-0.05, 0) is 24.7 Å². The van der Waals surface area contributed by atoms with E-state index in [4.69, 9.17) is 0 Å². The van der Waals surface area contributed by atoms with Crippen LogP contribution in [0.5, 0.6) is 0 Å². The molecule has 0 spiro atoms. The number of rotatable bonds is 12. The molecule has 0 aliphatic carbocycles. The molecule has 0 saturated carbocycles. The summed E-state index contributed by atoms with van der Waals surface area (Å²) in [5, 5.41) is 1.04. The van der Waals surface area contributed by atoms with Crippen LogP contribution < -0.4 is 0 Å². The Morgan fingerprint density at radius 2 is 1.05 bits per heavy atom. The van der Waals surface area contributed by atoms with Gasteiger partial charge in [0, 0.05) is 18.2 Å². The normalized spacial score (nSPS) is 9.50. The molecule has 0 aromatic rings. The molecule has 1 heteroatoms. The summed E-state index contributed by atoms with van der Waals surface area (Å²) in [6.45, 7) is 2.28. The molecular formula is C19H31Br. The van der Waals surface area contributed by atoms with Crippen LogP contribution in [0.3, 0.4) is 0 Å². The van der Waals surface area contributed by atoms with Crippen LogP contribution in [0, 0.1) is 23.7 Å². The molecule has 0 unspecified atom stereocenters. The third-order valence-corrected chi connectivity index (χ3v) is 3.89. The molecular weight excluding hydrogens is 308 g/mol. The van der Waals surface area contributed by atoms with Gasteiger partial charge in [0.15, 0.2) is 0 Å². The highest BCUT2D eigenvalue weighted by Crippen LogP contribution is 2.10. The molecule has 0 nitrogen and oxygen atoms in total. The third kappa shape index (κ3) is 17.6. The first-order valence-corrected chi connectivity index (χ1v) is 9.55. The molecule has 0 fully saturated rings. The van der Waals surface area contributed by atoms with Gasteiger partial charge < -0.3 is 0 Å². The average Bonchev–Trinajstić information content (AvgIpc) is 2.47. The van der Waals surface area contributed by atoms with Crippen molar-refractivity contribution in [2.45, 2.75) is 90.4 Å². The van der Waals surface area contributed by atoms with Crippen molar-refractivity contribution in [3.05, 3.63) is 0 Å². The Bertz CT molecular complexity index is 297. The Morgan fingerprint density at radius 1 is 0.600 bits per heavy atom. The molecule has 0 aromatic heterocycles. The molecule has 0 radical (unpaired) electrons. The average molecular weight is 339 g/mol. The monoisotopic (exact) mass is 338 g/mol. The van der Waals surface area contributed by atoms with Crippen LogP contribution in [0.1, 0.15) is 90.4 Å². The first-order chi connectivity index (χ1) is 9.91. The van der Waals surface area contributed by atoms with E-state index < -0.39 is 0 Å². The molecule has 0 heterocycles. The van der Waals surface area contributed by atoms with E-state index in [2.05, 4.69) is 46.5 Å². The Hall–Kier alpha value is -0.400. The summed E-state index contributed by atoms with van der Waals surface area (Å²) in [6.07, 6.45) is 17.0. The highest BCUT2D eigenvalue weighted by Gasteiger charge is 1.91. The van der Waals surface area contributed by atoms with Gasteiger partial charge in [-0.25, -0.2) is 0 Å². The number of halogens is 1. The highest BCUT2D eigenvalue weighted by atomic mass is 79.9. The van der Waals surface area contributed by atoms with E-state index in [1.807, 2.05) is 0 Å². The fourth-order valence-corrected chi connectivity index (χ4v) is 2.35. The molecule has 0 bridgehead atoms. The van der Waals surface area contributed by atoms with Gasteiger partial charge >= 0.3 is 0 Å². The zero-order chi connectivity index (χ0) is 14.7. The van der Waals surface area contributed by atoms with Gasteiger partial charge in [0.2, 0.25) is 0 Å². The molecule has 0 amide bonds. The molecule has 0 rings (SSSR count). The van der Waals surface area contributed by atoms with Crippen LogP contribution in [0.2, 0.25) is 0 Å². The van der Waals surface area contributed by atoms with E-state index in [-0.39, 0.29) is 0 Å². The molecule has 0 N–H and O–H groups in total.